The Hall–Kier alpha value is -2.12. The van der Waals surface area contributed by atoms with Gasteiger partial charge in [0.1, 0.15) is 0 Å². The molecule has 2 saturated heterocycles. The minimum atomic E-state index is -1.09. The van der Waals surface area contributed by atoms with Crippen LogP contribution in [-0.4, -0.2) is 60.1 Å². The molecule has 0 aromatic heterocycles. The van der Waals surface area contributed by atoms with Crippen molar-refractivity contribution in [1.82, 2.24) is 4.90 Å². The molecule has 2 amide bonds. The molecule has 3 rings (SSSR count). The van der Waals surface area contributed by atoms with Crippen molar-refractivity contribution in [2.75, 3.05) is 31.1 Å². The molecule has 2 aliphatic rings. The van der Waals surface area contributed by atoms with E-state index in [0.717, 1.165) is 0 Å². The number of carboxylic acids is 1. The van der Waals surface area contributed by atoms with Gasteiger partial charge in [-0.1, -0.05) is 23.7 Å². The van der Waals surface area contributed by atoms with Crippen LogP contribution in [-0.2, 0) is 19.1 Å². The molecule has 0 unspecified atom stereocenters. The van der Waals surface area contributed by atoms with Crippen molar-refractivity contribution in [3.05, 3.63) is 29.3 Å². The number of carbonyl (C=O) groups is 3. The van der Waals surface area contributed by atoms with Crippen molar-refractivity contribution in [2.45, 2.75) is 12.5 Å². The highest BCUT2D eigenvalue weighted by atomic mass is 35.5. The van der Waals surface area contributed by atoms with Crippen molar-refractivity contribution in [3.8, 4) is 0 Å². The molecule has 2 fully saturated rings. The lowest BCUT2D eigenvalue weighted by Crippen LogP contribution is -2.50. The molecule has 24 heavy (non-hydrogen) atoms. The minimum Gasteiger partial charge on any atom is -0.479 e. The van der Waals surface area contributed by atoms with Gasteiger partial charge in [-0.25, -0.2) is 4.79 Å². The molecular weight excluding hydrogens is 336 g/mol. The van der Waals surface area contributed by atoms with E-state index >= 15 is 0 Å². The van der Waals surface area contributed by atoms with Crippen LogP contribution in [0.1, 0.15) is 6.42 Å². The summed E-state index contributed by atoms with van der Waals surface area (Å²) < 4.78 is 5.12. The quantitative estimate of drug-likeness (QED) is 0.877. The molecule has 0 radical (unpaired) electrons. The van der Waals surface area contributed by atoms with Gasteiger partial charge in [0.05, 0.1) is 29.8 Å². The third-order valence-electron chi connectivity index (χ3n) is 4.27. The molecule has 0 bridgehead atoms. The summed E-state index contributed by atoms with van der Waals surface area (Å²) in [6.07, 6.45) is -0.918. The lowest BCUT2D eigenvalue weighted by atomic mass is 10.1. The van der Waals surface area contributed by atoms with Gasteiger partial charge in [-0.3, -0.25) is 9.59 Å². The second-order valence-electron chi connectivity index (χ2n) is 5.84. The van der Waals surface area contributed by atoms with Crippen molar-refractivity contribution >= 4 is 35.1 Å². The van der Waals surface area contributed by atoms with E-state index in [1.165, 1.54) is 9.80 Å². The number of ether oxygens (including phenoxy) is 1. The van der Waals surface area contributed by atoms with Crippen molar-refractivity contribution in [1.29, 1.82) is 0 Å². The third-order valence-corrected chi connectivity index (χ3v) is 4.59. The number of hydrogen-bond donors (Lipinski definition) is 1. The van der Waals surface area contributed by atoms with Crippen LogP contribution >= 0.6 is 11.6 Å². The van der Waals surface area contributed by atoms with Gasteiger partial charge in [-0.15, -0.1) is 0 Å². The van der Waals surface area contributed by atoms with Gasteiger partial charge in [0.15, 0.2) is 6.10 Å². The van der Waals surface area contributed by atoms with Crippen molar-refractivity contribution in [2.24, 2.45) is 5.92 Å². The molecular formula is C16H17ClN2O5. The Labute approximate surface area is 143 Å². The number of benzene rings is 1. The van der Waals surface area contributed by atoms with Gasteiger partial charge >= 0.3 is 5.97 Å². The predicted octanol–water partition coefficient (Wildman–Crippen LogP) is 1.00. The number of hydrogen-bond acceptors (Lipinski definition) is 4. The number of amides is 2. The monoisotopic (exact) mass is 352 g/mol. The van der Waals surface area contributed by atoms with Crippen molar-refractivity contribution < 1.29 is 24.2 Å². The fourth-order valence-electron chi connectivity index (χ4n) is 3.03. The van der Waals surface area contributed by atoms with E-state index in [-0.39, 0.29) is 37.9 Å². The first-order chi connectivity index (χ1) is 11.5. The molecule has 8 heteroatoms. The summed E-state index contributed by atoms with van der Waals surface area (Å²) in [7, 11) is 0. The Morgan fingerprint density at radius 3 is 2.71 bits per heavy atom. The minimum absolute atomic E-state index is 0.00491. The molecule has 1 aromatic rings. The number of halogens is 1. The van der Waals surface area contributed by atoms with Crippen LogP contribution < -0.4 is 4.90 Å². The van der Waals surface area contributed by atoms with Gasteiger partial charge < -0.3 is 19.6 Å². The first-order valence-corrected chi connectivity index (χ1v) is 8.03. The van der Waals surface area contributed by atoms with Gasteiger partial charge in [0, 0.05) is 19.5 Å². The average Bonchev–Trinajstić information content (AvgIpc) is 2.96. The van der Waals surface area contributed by atoms with Gasteiger partial charge in [-0.2, -0.15) is 0 Å². The largest absolute Gasteiger partial charge is 0.479 e. The first-order valence-electron chi connectivity index (χ1n) is 7.65. The molecule has 0 saturated carbocycles. The normalized spacial score (nSPS) is 24.3. The Morgan fingerprint density at radius 2 is 2.00 bits per heavy atom. The Morgan fingerprint density at radius 1 is 1.25 bits per heavy atom. The number of aliphatic carboxylic acids is 1. The highest BCUT2D eigenvalue weighted by molar-refractivity contribution is 6.33. The van der Waals surface area contributed by atoms with E-state index in [1.54, 1.807) is 24.3 Å². The Balaban J connectivity index is 1.70. The van der Waals surface area contributed by atoms with Gasteiger partial charge in [0.2, 0.25) is 11.8 Å². The number of rotatable bonds is 3. The van der Waals surface area contributed by atoms with Crippen LogP contribution in [0.3, 0.4) is 0 Å². The van der Waals surface area contributed by atoms with E-state index < -0.39 is 18.0 Å². The fourth-order valence-corrected chi connectivity index (χ4v) is 3.27. The molecule has 2 aliphatic heterocycles. The first kappa shape index (κ1) is 16.7. The lowest BCUT2D eigenvalue weighted by molar-refractivity contribution is -0.160. The summed E-state index contributed by atoms with van der Waals surface area (Å²) in [6, 6.07) is 6.99. The number of anilines is 1. The zero-order valence-corrected chi connectivity index (χ0v) is 13.6. The second kappa shape index (κ2) is 6.78. The summed E-state index contributed by atoms with van der Waals surface area (Å²) >= 11 is 6.13. The smallest absolute Gasteiger partial charge is 0.334 e. The van der Waals surface area contributed by atoms with E-state index in [9.17, 15) is 14.4 Å². The van der Waals surface area contributed by atoms with Gasteiger partial charge in [-0.05, 0) is 12.1 Å². The number of morpholine rings is 1. The molecule has 1 aromatic carbocycles. The zero-order valence-electron chi connectivity index (χ0n) is 12.9. The van der Waals surface area contributed by atoms with Gasteiger partial charge in [0.25, 0.3) is 0 Å². The molecule has 0 aliphatic carbocycles. The fraction of sp³-hybridized carbons (Fsp3) is 0.438. The van der Waals surface area contributed by atoms with Crippen LogP contribution in [0.25, 0.3) is 0 Å². The lowest BCUT2D eigenvalue weighted by Gasteiger charge is -2.32. The molecule has 7 nitrogen and oxygen atoms in total. The second-order valence-corrected chi connectivity index (χ2v) is 6.25. The molecule has 2 heterocycles. The molecule has 1 N–H and O–H groups in total. The SMILES string of the molecule is O=C(O)[C@H]1CN(C(=O)[C@H]2CC(=O)N(c3ccccc3Cl)C2)CCO1. The summed E-state index contributed by atoms with van der Waals surface area (Å²) in [5, 5.41) is 9.48. The van der Waals surface area contributed by atoms with Crippen LogP contribution in [0.15, 0.2) is 24.3 Å². The van der Waals surface area contributed by atoms with E-state index in [2.05, 4.69) is 0 Å². The number of nitrogens with zero attached hydrogens (tertiary/aromatic N) is 2. The highest BCUT2D eigenvalue weighted by Gasteiger charge is 2.39. The predicted molar refractivity (Wildman–Crippen MR) is 85.9 cm³/mol. The third kappa shape index (κ3) is 3.22. The zero-order chi connectivity index (χ0) is 17.3. The average molecular weight is 353 g/mol. The standard InChI is InChI=1S/C16H17ClN2O5/c17-11-3-1-2-4-12(11)19-8-10(7-14(19)20)15(21)18-5-6-24-13(9-18)16(22)23/h1-4,10,13H,5-9H2,(H,22,23)/t10-,13+/m0/s1. The number of carboxylic acid groups (broad SMARTS) is 1. The van der Waals surface area contributed by atoms with E-state index in [0.29, 0.717) is 17.3 Å². The summed E-state index contributed by atoms with van der Waals surface area (Å²) in [5.41, 5.74) is 0.588. The number of para-hydroxylation sites is 1. The number of carbonyl (C=O) groups excluding carboxylic acids is 2. The van der Waals surface area contributed by atoms with Crippen molar-refractivity contribution in [3.63, 3.8) is 0 Å². The van der Waals surface area contributed by atoms with Crippen LogP contribution in [0.2, 0.25) is 5.02 Å². The van der Waals surface area contributed by atoms with E-state index in [1.807, 2.05) is 0 Å². The summed E-state index contributed by atoms with van der Waals surface area (Å²) in [5.74, 6) is -1.97. The highest BCUT2D eigenvalue weighted by Crippen LogP contribution is 2.31. The molecule has 0 spiro atoms. The Kier molecular flexibility index (Phi) is 4.73. The van der Waals surface area contributed by atoms with Crippen LogP contribution in [0.5, 0.6) is 0 Å². The molecule has 2 atom stereocenters. The maximum absolute atomic E-state index is 12.6. The molecule has 128 valence electrons. The topological polar surface area (TPSA) is 87.2 Å². The summed E-state index contributed by atoms with van der Waals surface area (Å²) in [4.78, 5) is 38.9. The van der Waals surface area contributed by atoms with Crippen LogP contribution in [0, 0.1) is 5.92 Å². The maximum atomic E-state index is 12.6. The maximum Gasteiger partial charge on any atom is 0.334 e. The van der Waals surface area contributed by atoms with E-state index in [4.69, 9.17) is 21.4 Å². The van der Waals surface area contributed by atoms with Crippen LogP contribution in [0.4, 0.5) is 5.69 Å². The summed E-state index contributed by atoms with van der Waals surface area (Å²) in [6.45, 7) is 0.762. The Bertz CT molecular complexity index is 680.